The quantitative estimate of drug-likeness (QED) is 0.508. The average Bonchev–Trinajstić information content (AvgIpc) is 2.52. The number of terminal acetylenes is 1. The molecule has 0 spiro atoms. The summed E-state index contributed by atoms with van der Waals surface area (Å²) in [5.74, 6) is 3.56. The first kappa shape index (κ1) is 16.0. The Morgan fingerprint density at radius 3 is 2.09 bits per heavy atom. The molecule has 0 N–H and O–H groups in total. The lowest BCUT2D eigenvalue weighted by Crippen LogP contribution is -1.95. The van der Waals surface area contributed by atoms with E-state index in [1.807, 2.05) is 30.5 Å². The molecular formula is C21H23N. The van der Waals surface area contributed by atoms with Crippen LogP contribution in [0.4, 0.5) is 5.69 Å². The van der Waals surface area contributed by atoms with Crippen molar-refractivity contribution in [1.29, 1.82) is 0 Å². The molecule has 0 saturated carbocycles. The molecule has 0 aliphatic rings. The minimum absolute atomic E-state index is 0.447. The maximum absolute atomic E-state index is 5.46. The molecule has 2 rings (SSSR count). The molecule has 1 nitrogen and oxygen atoms in total. The van der Waals surface area contributed by atoms with Crippen LogP contribution in [0, 0.1) is 12.3 Å². The van der Waals surface area contributed by atoms with E-state index in [0.717, 1.165) is 16.8 Å². The highest BCUT2D eigenvalue weighted by molar-refractivity contribution is 5.83. The zero-order valence-electron chi connectivity index (χ0n) is 13.8. The Hall–Kier alpha value is -2.33. The monoisotopic (exact) mass is 289 g/mol. The summed E-state index contributed by atoms with van der Waals surface area (Å²) in [6.45, 7) is 8.82. The number of aliphatic imine (C=N–C) groups is 1. The van der Waals surface area contributed by atoms with Crippen molar-refractivity contribution in [3.63, 3.8) is 0 Å². The molecule has 0 atom stereocenters. The van der Waals surface area contributed by atoms with Gasteiger partial charge < -0.3 is 0 Å². The molecule has 0 saturated heterocycles. The highest BCUT2D eigenvalue weighted by Crippen LogP contribution is 2.34. The molecule has 2 aromatic rings. The lowest BCUT2D eigenvalue weighted by Gasteiger charge is -2.16. The fourth-order valence-electron chi connectivity index (χ4n) is 2.51. The molecule has 0 unspecified atom stereocenters. The van der Waals surface area contributed by atoms with Gasteiger partial charge in [-0.1, -0.05) is 63.9 Å². The van der Waals surface area contributed by atoms with E-state index in [9.17, 15) is 0 Å². The molecule has 0 aliphatic carbocycles. The molecular weight excluding hydrogens is 266 g/mol. The van der Waals surface area contributed by atoms with Crippen LogP contribution in [0.25, 0.3) is 0 Å². The minimum Gasteiger partial charge on any atom is -0.256 e. The van der Waals surface area contributed by atoms with E-state index in [2.05, 4.69) is 51.8 Å². The number of hydrogen-bond acceptors (Lipinski definition) is 1. The SMILES string of the molecule is C#Cc1cccc(C=Nc2c(C(C)C)cccc2C(C)C)c1. The Kier molecular flexibility index (Phi) is 5.17. The third kappa shape index (κ3) is 3.65. The van der Waals surface area contributed by atoms with Crippen LogP contribution < -0.4 is 0 Å². The van der Waals surface area contributed by atoms with Crippen molar-refractivity contribution in [3.8, 4) is 12.3 Å². The maximum Gasteiger partial charge on any atom is 0.0699 e. The van der Waals surface area contributed by atoms with Crippen LogP contribution in [0.5, 0.6) is 0 Å². The molecule has 0 amide bonds. The van der Waals surface area contributed by atoms with E-state index in [-0.39, 0.29) is 0 Å². The van der Waals surface area contributed by atoms with Gasteiger partial charge in [-0.05, 0) is 40.7 Å². The molecule has 2 aromatic carbocycles. The normalized spacial score (nSPS) is 11.3. The summed E-state index contributed by atoms with van der Waals surface area (Å²) in [4.78, 5) is 4.80. The third-order valence-electron chi connectivity index (χ3n) is 3.74. The summed E-state index contributed by atoms with van der Waals surface area (Å²) in [6.07, 6.45) is 7.37. The zero-order valence-corrected chi connectivity index (χ0v) is 13.8. The Labute approximate surface area is 134 Å². The van der Waals surface area contributed by atoms with Gasteiger partial charge >= 0.3 is 0 Å². The van der Waals surface area contributed by atoms with Gasteiger partial charge in [-0.15, -0.1) is 6.42 Å². The van der Waals surface area contributed by atoms with Crippen molar-refractivity contribution in [1.82, 2.24) is 0 Å². The topological polar surface area (TPSA) is 12.4 Å². The smallest absolute Gasteiger partial charge is 0.0699 e. The third-order valence-corrected chi connectivity index (χ3v) is 3.74. The molecule has 0 aromatic heterocycles. The van der Waals surface area contributed by atoms with Crippen molar-refractivity contribution in [2.24, 2.45) is 4.99 Å². The second-order valence-electron chi connectivity index (χ2n) is 6.12. The zero-order chi connectivity index (χ0) is 16.1. The van der Waals surface area contributed by atoms with Crippen LogP contribution in [0.2, 0.25) is 0 Å². The van der Waals surface area contributed by atoms with Gasteiger partial charge in [0.2, 0.25) is 0 Å². The summed E-state index contributed by atoms with van der Waals surface area (Å²) < 4.78 is 0. The molecule has 0 fully saturated rings. The van der Waals surface area contributed by atoms with E-state index in [1.54, 1.807) is 0 Å². The summed E-state index contributed by atoms with van der Waals surface area (Å²) >= 11 is 0. The maximum atomic E-state index is 5.46. The van der Waals surface area contributed by atoms with Crippen molar-refractivity contribution < 1.29 is 0 Å². The number of nitrogens with zero attached hydrogens (tertiary/aromatic N) is 1. The van der Waals surface area contributed by atoms with Crippen LogP contribution in [0.3, 0.4) is 0 Å². The molecule has 112 valence electrons. The lowest BCUT2D eigenvalue weighted by molar-refractivity contribution is 0.835. The number of hydrogen-bond donors (Lipinski definition) is 0. The van der Waals surface area contributed by atoms with Crippen molar-refractivity contribution in [3.05, 3.63) is 64.7 Å². The van der Waals surface area contributed by atoms with Crippen molar-refractivity contribution >= 4 is 11.9 Å². The molecule has 22 heavy (non-hydrogen) atoms. The van der Waals surface area contributed by atoms with Gasteiger partial charge in [0.1, 0.15) is 0 Å². The fraction of sp³-hybridized carbons (Fsp3) is 0.286. The van der Waals surface area contributed by atoms with E-state index in [0.29, 0.717) is 11.8 Å². The lowest BCUT2D eigenvalue weighted by atomic mass is 9.93. The largest absolute Gasteiger partial charge is 0.256 e. The van der Waals surface area contributed by atoms with Crippen LogP contribution in [-0.4, -0.2) is 6.21 Å². The van der Waals surface area contributed by atoms with E-state index in [1.165, 1.54) is 11.1 Å². The van der Waals surface area contributed by atoms with Gasteiger partial charge in [0.05, 0.1) is 5.69 Å². The van der Waals surface area contributed by atoms with E-state index in [4.69, 9.17) is 11.4 Å². The number of rotatable bonds is 4. The highest BCUT2D eigenvalue weighted by Gasteiger charge is 2.12. The van der Waals surface area contributed by atoms with E-state index < -0.39 is 0 Å². The van der Waals surface area contributed by atoms with E-state index >= 15 is 0 Å². The summed E-state index contributed by atoms with van der Waals surface area (Å²) in [5, 5.41) is 0. The van der Waals surface area contributed by atoms with Crippen LogP contribution in [0.1, 0.15) is 61.8 Å². The van der Waals surface area contributed by atoms with Gasteiger partial charge in [0.15, 0.2) is 0 Å². The second kappa shape index (κ2) is 7.09. The van der Waals surface area contributed by atoms with Gasteiger partial charge in [0.25, 0.3) is 0 Å². The first-order valence-corrected chi connectivity index (χ1v) is 7.76. The summed E-state index contributed by atoms with van der Waals surface area (Å²) in [7, 11) is 0. The van der Waals surface area contributed by atoms with Crippen molar-refractivity contribution in [2.45, 2.75) is 39.5 Å². The first-order chi connectivity index (χ1) is 10.5. The Morgan fingerprint density at radius 2 is 1.55 bits per heavy atom. The first-order valence-electron chi connectivity index (χ1n) is 7.76. The molecule has 0 aliphatic heterocycles. The Bertz CT molecular complexity index is 689. The van der Waals surface area contributed by atoms with Gasteiger partial charge in [-0.3, -0.25) is 4.99 Å². The van der Waals surface area contributed by atoms with Gasteiger partial charge in [-0.2, -0.15) is 0 Å². The van der Waals surface area contributed by atoms with Gasteiger partial charge in [0, 0.05) is 11.8 Å². The molecule has 0 heterocycles. The predicted octanol–water partition coefficient (Wildman–Crippen LogP) is 5.67. The van der Waals surface area contributed by atoms with Crippen LogP contribution in [0.15, 0.2) is 47.5 Å². The number of para-hydroxylation sites is 1. The minimum atomic E-state index is 0.447. The molecule has 0 radical (unpaired) electrons. The van der Waals surface area contributed by atoms with Crippen LogP contribution >= 0.6 is 0 Å². The van der Waals surface area contributed by atoms with Crippen LogP contribution in [-0.2, 0) is 0 Å². The fourth-order valence-corrected chi connectivity index (χ4v) is 2.51. The average molecular weight is 289 g/mol. The standard InChI is InChI=1S/C21H23N/c1-6-17-9-7-10-18(13-17)14-22-21-19(15(2)3)11-8-12-20(21)16(4)5/h1,7-16H,2-5H3. The van der Waals surface area contributed by atoms with Crippen molar-refractivity contribution in [2.75, 3.05) is 0 Å². The number of benzene rings is 2. The molecule has 0 bridgehead atoms. The Balaban J connectivity index is 2.47. The molecule has 1 heteroatoms. The van der Waals surface area contributed by atoms with Gasteiger partial charge in [-0.25, -0.2) is 0 Å². The highest BCUT2D eigenvalue weighted by atomic mass is 14.7. The summed E-state index contributed by atoms with van der Waals surface area (Å²) in [6, 6.07) is 14.4. The summed E-state index contributed by atoms with van der Waals surface area (Å²) in [5.41, 5.74) is 5.58. The second-order valence-corrected chi connectivity index (χ2v) is 6.12. The predicted molar refractivity (Wildman–Crippen MR) is 96.3 cm³/mol. The Morgan fingerprint density at radius 1 is 0.955 bits per heavy atom.